The minimum atomic E-state index is -3.79. The van der Waals surface area contributed by atoms with E-state index in [1.54, 1.807) is 6.07 Å². The third-order valence-corrected chi connectivity index (χ3v) is 5.38. The summed E-state index contributed by atoms with van der Waals surface area (Å²) in [5, 5.41) is 24.9. The highest BCUT2D eigenvalue weighted by atomic mass is 79.9. The van der Waals surface area contributed by atoms with Crippen LogP contribution in [0.4, 0.5) is 11.4 Å². The number of ether oxygens (including phenoxy) is 1. The predicted molar refractivity (Wildman–Crippen MR) is 151 cm³/mol. The van der Waals surface area contributed by atoms with Gasteiger partial charge in [0.25, 0.3) is 0 Å². The lowest BCUT2D eigenvalue weighted by atomic mass is 10.3. The summed E-state index contributed by atoms with van der Waals surface area (Å²) in [6.07, 6.45) is 10.1. The van der Waals surface area contributed by atoms with E-state index in [1.165, 1.54) is 31.4 Å². The Balaban J connectivity index is 0.000000574. The molecule has 0 fully saturated rings. The Labute approximate surface area is 230 Å². The second-order valence-corrected chi connectivity index (χ2v) is 15.6. The van der Waals surface area contributed by atoms with E-state index in [0.29, 0.717) is 23.7 Å². The maximum atomic E-state index is 11.1. The molecular weight excluding hydrogens is 695 g/mol. The molecule has 16 heteroatoms. The lowest BCUT2D eigenvalue weighted by Gasteiger charge is -2.10. The number of halogens is 3. The quantitative estimate of drug-likeness (QED) is 0.165. The summed E-state index contributed by atoms with van der Waals surface area (Å²) < 4.78 is 49.3. The van der Waals surface area contributed by atoms with Crippen LogP contribution in [0, 0.1) is 24.7 Å². The molecule has 190 valence electrons. The average molecular weight is 717 g/mol. The van der Waals surface area contributed by atoms with Gasteiger partial charge in [0.2, 0.25) is 20.0 Å². The van der Waals surface area contributed by atoms with Crippen molar-refractivity contribution < 1.29 is 26.7 Å². The molecule has 0 aliphatic rings. The van der Waals surface area contributed by atoms with Gasteiger partial charge in [0, 0.05) is 12.1 Å². The number of aromatic hydroxyl groups is 1. The summed E-state index contributed by atoms with van der Waals surface area (Å²) in [7, 11) is -6.08. The topological polar surface area (TPSA) is 174 Å². The maximum absolute atomic E-state index is 11.1. The van der Waals surface area contributed by atoms with Crippen molar-refractivity contribution in [3.63, 3.8) is 0 Å². The van der Waals surface area contributed by atoms with Gasteiger partial charge in [-0.2, -0.15) is 0 Å². The number of sulfonamides is 2. The molecule has 0 bridgehead atoms. The molecule has 0 unspecified atom stereocenters. The first-order valence-electron chi connectivity index (χ1n) is 9.00. The van der Waals surface area contributed by atoms with E-state index in [-0.39, 0.29) is 25.3 Å². The van der Waals surface area contributed by atoms with E-state index in [4.69, 9.17) is 27.9 Å². The summed E-state index contributed by atoms with van der Waals surface area (Å²) in [5.74, 6) is 4.89. The van der Waals surface area contributed by atoms with E-state index in [2.05, 4.69) is 69.7 Å². The van der Waals surface area contributed by atoms with Crippen molar-refractivity contribution in [2.75, 3.05) is 30.8 Å². The smallest absolute Gasteiger partial charge is 0.369 e. The SMILES string of the molecule is BrB(Br)Br.C#CCNc1ccc(S(N)(=O)=O)cc1O.C#CCNc1ccc(S(N)(=O)=O)cc1OC. The van der Waals surface area contributed by atoms with Gasteiger partial charge < -0.3 is 20.5 Å². The van der Waals surface area contributed by atoms with E-state index < -0.39 is 20.0 Å². The molecule has 0 saturated carbocycles. The summed E-state index contributed by atoms with van der Waals surface area (Å²) in [4.78, 5) is -0.151. The lowest BCUT2D eigenvalue weighted by Crippen LogP contribution is -2.12. The van der Waals surface area contributed by atoms with Gasteiger partial charge in [-0.05, 0) is 24.3 Å². The van der Waals surface area contributed by atoms with Crippen LogP contribution in [0.1, 0.15) is 0 Å². The number of nitrogens with one attached hydrogen (secondary N) is 2. The van der Waals surface area contributed by atoms with Crippen LogP contribution in [0.2, 0.25) is 0 Å². The fraction of sp³-hybridized carbons (Fsp3) is 0.158. The Morgan fingerprint density at radius 3 is 1.69 bits per heavy atom. The molecule has 35 heavy (non-hydrogen) atoms. The Kier molecular flexibility index (Phi) is 15.1. The van der Waals surface area contributed by atoms with E-state index in [0.717, 1.165) is 6.07 Å². The number of primary sulfonamides is 2. The summed E-state index contributed by atoms with van der Waals surface area (Å²) in [6, 6.07) is 8.02. The van der Waals surface area contributed by atoms with Crippen LogP contribution >= 0.6 is 47.3 Å². The molecule has 0 radical (unpaired) electrons. The second kappa shape index (κ2) is 16.0. The molecule has 0 heterocycles. The number of nitrogens with two attached hydrogens (primary N) is 2. The maximum Gasteiger partial charge on any atom is 0.369 e. The summed E-state index contributed by atoms with van der Waals surface area (Å²) in [6.45, 7) is 0.563. The molecule has 0 atom stereocenters. The van der Waals surface area contributed by atoms with Crippen LogP contribution in [0.25, 0.3) is 0 Å². The number of hydrogen-bond acceptors (Lipinski definition) is 8. The van der Waals surface area contributed by atoms with Gasteiger partial charge in [0.05, 0.1) is 41.4 Å². The molecule has 2 rings (SSSR count). The summed E-state index contributed by atoms with van der Waals surface area (Å²) in [5.41, 5.74) is 0.980. The average Bonchev–Trinajstić information content (AvgIpc) is 2.75. The van der Waals surface area contributed by atoms with Crippen molar-refractivity contribution in [3.05, 3.63) is 36.4 Å². The van der Waals surface area contributed by atoms with Crippen LogP contribution in [-0.4, -0.2) is 45.3 Å². The number of hydrogen-bond donors (Lipinski definition) is 5. The molecule has 0 aliphatic heterocycles. The van der Waals surface area contributed by atoms with E-state index in [1.807, 2.05) is 0 Å². The largest absolute Gasteiger partial charge is 0.506 e. The molecule has 2 aromatic rings. The molecule has 0 amide bonds. The molecule has 10 nitrogen and oxygen atoms in total. The van der Waals surface area contributed by atoms with Crippen molar-refractivity contribution in [2.24, 2.45) is 10.3 Å². The molecule has 7 N–H and O–H groups in total. The van der Waals surface area contributed by atoms with Crippen molar-refractivity contribution in [3.8, 4) is 36.2 Å². The molecule has 2 aromatic carbocycles. The number of rotatable bonds is 7. The third-order valence-electron chi connectivity index (χ3n) is 3.56. The Bertz CT molecular complexity index is 1280. The Morgan fingerprint density at radius 1 is 0.914 bits per heavy atom. The number of terminal acetylenes is 2. The fourth-order valence-corrected chi connectivity index (χ4v) is 3.19. The Hall–Kier alpha value is -1.92. The van der Waals surface area contributed by atoms with Crippen LogP contribution in [-0.2, 0) is 20.0 Å². The van der Waals surface area contributed by atoms with Gasteiger partial charge in [-0.1, -0.05) is 11.8 Å². The number of methoxy groups -OCH3 is 1. The molecule has 0 aliphatic carbocycles. The van der Waals surface area contributed by atoms with Gasteiger partial charge in [-0.3, -0.25) is 0 Å². The minimum absolute atomic E-state index is 0.00407. The highest BCUT2D eigenvalue weighted by Crippen LogP contribution is 2.27. The zero-order chi connectivity index (χ0) is 27.2. The number of phenols is 1. The highest BCUT2D eigenvalue weighted by Gasteiger charge is 2.12. The first kappa shape index (κ1) is 33.1. The van der Waals surface area contributed by atoms with Gasteiger partial charge in [-0.25, -0.2) is 27.1 Å². The second-order valence-electron chi connectivity index (χ2n) is 5.99. The monoisotopic (exact) mass is 714 g/mol. The van der Waals surface area contributed by atoms with Crippen LogP contribution in [0.15, 0.2) is 46.2 Å². The molecule has 0 saturated heterocycles. The van der Waals surface area contributed by atoms with Crippen LogP contribution in [0.5, 0.6) is 11.5 Å². The van der Waals surface area contributed by atoms with Gasteiger partial charge in [-0.15, -0.1) is 60.1 Å². The normalized spacial score (nSPS) is 10.2. The zero-order valence-corrected chi connectivity index (χ0v) is 24.6. The van der Waals surface area contributed by atoms with Gasteiger partial charge in [0.1, 0.15) is 11.5 Å². The standard InChI is InChI=1S/C10H12N2O3S.C9H10N2O3S.BBr3/c1-3-6-12-9-5-4-8(16(11,13)14)7-10(9)15-2;1-2-5-11-8-4-3-7(6-9(8)12)15(10,13)14;2-1(3)4/h1,4-5,7,12H,6H2,2H3,(H2,11,13,14);1,3-4,6,11-12H,5H2,(H2,10,13,14);. The minimum Gasteiger partial charge on any atom is -0.506 e. The van der Waals surface area contributed by atoms with Gasteiger partial charge >= 0.3 is 3.18 Å². The number of phenolic OH excluding ortho intramolecular Hbond substituents is 1. The van der Waals surface area contributed by atoms with Gasteiger partial charge in [0.15, 0.2) is 0 Å². The first-order valence-corrected chi connectivity index (χ1v) is 14.8. The van der Waals surface area contributed by atoms with Crippen LogP contribution in [0.3, 0.4) is 0 Å². The van der Waals surface area contributed by atoms with Crippen LogP contribution < -0.4 is 25.6 Å². The van der Waals surface area contributed by atoms with Crippen molar-refractivity contribution in [1.29, 1.82) is 0 Å². The number of benzene rings is 2. The third kappa shape index (κ3) is 13.7. The molecular formula is C19H22BBr3N4O6S2. The van der Waals surface area contributed by atoms with Crippen molar-refractivity contribution in [1.82, 2.24) is 0 Å². The predicted octanol–water partition coefficient (Wildman–Crippen LogP) is 2.63. The first-order chi connectivity index (χ1) is 16.2. The molecule has 0 aromatic heterocycles. The Morgan fingerprint density at radius 2 is 1.31 bits per heavy atom. The number of anilines is 2. The van der Waals surface area contributed by atoms with E-state index >= 15 is 0 Å². The molecule has 0 spiro atoms. The van der Waals surface area contributed by atoms with Crippen molar-refractivity contribution >= 4 is 81.9 Å². The van der Waals surface area contributed by atoms with Crippen molar-refractivity contribution in [2.45, 2.75) is 9.79 Å². The summed E-state index contributed by atoms with van der Waals surface area (Å²) >= 11 is 9.31. The van der Waals surface area contributed by atoms with E-state index in [9.17, 15) is 21.9 Å². The zero-order valence-electron chi connectivity index (χ0n) is 18.2. The highest BCUT2D eigenvalue weighted by molar-refractivity contribution is 9.69. The fourth-order valence-electron chi connectivity index (χ4n) is 2.12. The lowest BCUT2D eigenvalue weighted by molar-refractivity contribution is 0.415.